The fraction of sp³-hybridized carbons (Fsp3) is 0.400. The van der Waals surface area contributed by atoms with Gasteiger partial charge in [-0.05, 0) is 42.7 Å². The molecular weight excluding hydrogens is 352 g/mol. The number of carbonyl (C=O) groups excluding carboxylic acids is 1. The molecule has 0 N–H and O–H groups in total. The third-order valence-electron chi connectivity index (χ3n) is 4.87. The maximum absolute atomic E-state index is 13.2. The van der Waals surface area contributed by atoms with E-state index in [1.807, 2.05) is 29.2 Å². The van der Waals surface area contributed by atoms with E-state index in [-0.39, 0.29) is 18.4 Å². The summed E-state index contributed by atoms with van der Waals surface area (Å²) >= 11 is 6.31. The molecule has 1 fully saturated rings. The minimum absolute atomic E-state index is 0.0309. The molecule has 1 saturated carbocycles. The second kappa shape index (κ2) is 7.54. The van der Waals surface area contributed by atoms with E-state index >= 15 is 0 Å². The van der Waals surface area contributed by atoms with Crippen LogP contribution >= 0.6 is 11.6 Å². The van der Waals surface area contributed by atoms with E-state index in [1.54, 1.807) is 12.3 Å². The average Bonchev–Trinajstić information content (AvgIpc) is 3.17. The number of benzene rings is 1. The molecule has 1 aromatic heterocycles. The van der Waals surface area contributed by atoms with Crippen LogP contribution in [0.25, 0.3) is 0 Å². The summed E-state index contributed by atoms with van der Waals surface area (Å²) in [5.41, 5.74) is 0.822. The topological polar surface area (TPSA) is 51.7 Å². The van der Waals surface area contributed by atoms with Gasteiger partial charge < -0.3 is 9.47 Å². The number of nitrogens with zero attached hydrogens (tertiary/aromatic N) is 2. The smallest absolute Gasteiger partial charge is 0.232 e. The number of ether oxygens (including phenoxy) is 2. The van der Waals surface area contributed by atoms with Gasteiger partial charge >= 0.3 is 0 Å². The first-order valence-electron chi connectivity index (χ1n) is 9.03. The molecule has 26 heavy (non-hydrogen) atoms. The Morgan fingerprint density at radius 1 is 1.19 bits per heavy atom. The molecule has 1 aromatic carbocycles. The van der Waals surface area contributed by atoms with Gasteiger partial charge in [-0.25, -0.2) is 4.98 Å². The highest BCUT2D eigenvalue weighted by atomic mass is 35.5. The van der Waals surface area contributed by atoms with Crippen molar-refractivity contribution in [2.75, 3.05) is 18.1 Å². The molecule has 4 rings (SSSR count). The normalized spacial score (nSPS) is 16.5. The highest BCUT2D eigenvalue weighted by Crippen LogP contribution is 2.38. The maximum atomic E-state index is 13.2. The largest absolute Gasteiger partial charge is 0.486 e. The third-order valence-corrected chi connectivity index (χ3v) is 5.15. The minimum atomic E-state index is 0.0309. The van der Waals surface area contributed by atoms with E-state index in [0.717, 1.165) is 31.2 Å². The highest BCUT2D eigenvalue weighted by molar-refractivity contribution is 6.32. The highest BCUT2D eigenvalue weighted by Gasteiger charge is 2.29. The number of pyridine rings is 1. The quantitative estimate of drug-likeness (QED) is 0.813. The van der Waals surface area contributed by atoms with Gasteiger partial charge in [0, 0.05) is 12.2 Å². The summed E-state index contributed by atoms with van der Waals surface area (Å²) < 4.78 is 11.2. The molecule has 0 radical (unpaired) electrons. The van der Waals surface area contributed by atoms with Gasteiger partial charge in [-0.1, -0.05) is 30.5 Å². The Morgan fingerprint density at radius 3 is 2.77 bits per heavy atom. The molecule has 5 nitrogen and oxygen atoms in total. The first-order valence-corrected chi connectivity index (χ1v) is 9.41. The van der Waals surface area contributed by atoms with Crippen LogP contribution in [0.2, 0.25) is 5.02 Å². The zero-order chi connectivity index (χ0) is 17.9. The fourth-order valence-corrected chi connectivity index (χ4v) is 3.99. The van der Waals surface area contributed by atoms with Crippen molar-refractivity contribution in [2.45, 2.75) is 38.1 Å². The van der Waals surface area contributed by atoms with Crippen LogP contribution < -0.4 is 14.4 Å². The van der Waals surface area contributed by atoms with Crippen LogP contribution in [-0.4, -0.2) is 30.1 Å². The van der Waals surface area contributed by atoms with E-state index in [4.69, 9.17) is 21.1 Å². The molecule has 2 aromatic rings. The van der Waals surface area contributed by atoms with Gasteiger partial charge in [-0.2, -0.15) is 0 Å². The molecule has 0 unspecified atom stereocenters. The number of amides is 1. The van der Waals surface area contributed by atoms with Crippen molar-refractivity contribution in [3.8, 4) is 11.5 Å². The van der Waals surface area contributed by atoms with Gasteiger partial charge in [0.05, 0.1) is 11.4 Å². The van der Waals surface area contributed by atoms with Gasteiger partial charge in [0.15, 0.2) is 11.5 Å². The molecule has 1 amide bonds. The fourth-order valence-electron chi connectivity index (χ4n) is 3.70. The predicted octanol–water partition coefficient (Wildman–Crippen LogP) is 4.02. The summed E-state index contributed by atoms with van der Waals surface area (Å²) in [5, 5.41) is 0.482. The lowest BCUT2D eigenvalue weighted by Crippen LogP contribution is -2.40. The van der Waals surface area contributed by atoms with Crippen LogP contribution in [0, 0.1) is 0 Å². The standard InChI is InChI=1S/C20H21ClN2O3/c21-16-11-14(12-17-20(16)26-10-9-25-17)13-19(24)23(15-5-1-2-6-15)18-7-3-4-8-22-18/h3-4,7-8,11-12,15H,1-2,5-6,9-10,13H2. The van der Waals surface area contributed by atoms with Gasteiger partial charge in [0.2, 0.25) is 5.91 Å². The average molecular weight is 373 g/mol. The third kappa shape index (κ3) is 3.49. The Hall–Kier alpha value is -2.27. The Morgan fingerprint density at radius 2 is 2.00 bits per heavy atom. The van der Waals surface area contributed by atoms with Crippen molar-refractivity contribution in [3.63, 3.8) is 0 Å². The van der Waals surface area contributed by atoms with Gasteiger partial charge in [0.25, 0.3) is 0 Å². The minimum Gasteiger partial charge on any atom is -0.486 e. The van der Waals surface area contributed by atoms with Crippen LogP contribution in [0.1, 0.15) is 31.2 Å². The Balaban J connectivity index is 1.59. The van der Waals surface area contributed by atoms with Crippen LogP contribution in [0.3, 0.4) is 0 Å². The molecule has 0 spiro atoms. The molecule has 1 aliphatic carbocycles. The van der Waals surface area contributed by atoms with Crippen LogP contribution in [0.15, 0.2) is 36.5 Å². The number of hydrogen-bond donors (Lipinski definition) is 0. The van der Waals surface area contributed by atoms with Gasteiger partial charge in [-0.3, -0.25) is 9.69 Å². The van der Waals surface area contributed by atoms with Crippen molar-refractivity contribution < 1.29 is 14.3 Å². The van der Waals surface area contributed by atoms with Crippen molar-refractivity contribution in [2.24, 2.45) is 0 Å². The van der Waals surface area contributed by atoms with Crippen molar-refractivity contribution in [3.05, 3.63) is 47.1 Å². The van der Waals surface area contributed by atoms with E-state index in [1.165, 1.54) is 0 Å². The number of rotatable bonds is 4. The number of carbonyl (C=O) groups is 1. The molecule has 1 aliphatic heterocycles. The summed E-state index contributed by atoms with van der Waals surface area (Å²) in [5.74, 6) is 1.92. The zero-order valence-corrected chi connectivity index (χ0v) is 15.2. The molecule has 0 bridgehead atoms. The molecular formula is C20H21ClN2O3. The second-order valence-electron chi connectivity index (χ2n) is 6.67. The molecule has 0 saturated heterocycles. The van der Waals surface area contributed by atoms with Crippen molar-refractivity contribution >= 4 is 23.3 Å². The first kappa shape index (κ1) is 17.2. The van der Waals surface area contributed by atoms with Crippen molar-refractivity contribution in [1.29, 1.82) is 0 Å². The first-order chi connectivity index (χ1) is 12.7. The second-order valence-corrected chi connectivity index (χ2v) is 7.08. The summed E-state index contributed by atoms with van der Waals surface area (Å²) in [6.45, 7) is 0.975. The van der Waals surface area contributed by atoms with E-state index in [0.29, 0.717) is 35.6 Å². The monoisotopic (exact) mass is 372 g/mol. The molecule has 136 valence electrons. The number of hydrogen-bond acceptors (Lipinski definition) is 4. The summed E-state index contributed by atoms with van der Waals surface area (Å²) in [4.78, 5) is 19.4. The number of aromatic nitrogens is 1. The Kier molecular flexibility index (Phi) is 4.98. The Bertz CT molecular complexity index is 791. The lowest BCUT2D eigenvalue weighted by atomic mass is 10.1. The lowest BCUT2D eigenvalue weighted by molar-refractivity contribution is -0.118. The maximum Gasteiger partial charge on any atom is 0.232 e. The molecule has 0 atom stereocenters. The van der Waals surface area contributed by atoms with Crippen LogP contribution in [0.4, 0.5) is 5.82 Å². The summed E-state index contributed by atoms with van der Waals surface area (Å²) in [6.07, 6.45) is 6.32. The number of fused-ring (bicyclic) bond motifs is 1. The number of halogens is 1. The van der Waals surface area contributed by atoms with Crippen LogP contribution in [-0.2, 0) is 11.2 Å². The SMILES string of the molecule is O=C(Cc1cc(Cl)c2c(c1)OCCO2)N(c1ccccn1)C1CCCC1. The lowest BCUT2D eigenvalue weighted by Gasteiger charge is -2.28. The Labute approximate surface area is 157 Å². The van der Waals surface area contributed by atoms with Crippen LogP contribution in [0.5, 0.6) is 11.5 Å². The predicted molar refractivity (Wildman–Crippen MR) is 100 cm³/mol. The zero-order valence-electron chi connectivity index (χ0n) is 14.5. The number of anilines is 1. The molecule has 2 aliphatic rings. The molecule has 6 heteroatoms. The van der Waals surface area contributed by atoms with E-state index in [2.05, 4.69) is 4.98 Å². The van der Waals surface area contributed by atoms with Gasteiger partial charge in [0.1, 0.15) is 19.0 Å². The molecule has 2 heterocycles. The summed E-state index contributed by atoms with van der Waals surface area (Å²) in [6, 6.07) is 9.53. The van der Waals surface area contributed by atoms with E-state index in [9.17, 15) is 4.79 Å². The van der Waals surface area contributed by atoms with E-state index < -0.39 is 0 Å². The summed E-state index contributed by atoms with van der Waals surface area (Å²) in [7, 11) is 0. The van der Waals surface area contributed by atoms with Crippen molar-refractivity contribution in [1.82, 2.24) is 4.98 Å². The van der Waals surface area contributed by atoms with Gasteiger partial charge in [-0.15, -0.1) is 0 Å².